The molecule has 1 saturated carbocycles. The largest absolute Gasteiger partial charge is 0.374 e. The first kappa shape index (κ1) is 23.1. The van der Waals surface area contributed by atoms with Crippen LogP contribution in [0.1, 0.15) is 60.6 Å². The predicted octanol–water partition coefficient (Wildman–Crippen LogP) is 4.26. The van der Waals surface area contributed by atoms with Crippen LogP contribution >= 0.6 is 22.6 Å². The molecule has 2 aliphatic heterocycles. The second-order valence-electron chi connectivity index (χ2n) is 9.60. The summed E-state index contributed by atoms with van der Waals surface area (Å²) < 4.78 is 37.5. The number of nitrogens with zero attached hydrogens (tertiary/aromatic N) is 6. The Hall–Kier alpha value is -2.35. The number of carbonyl (C=O) groups is 1. The van der Waals surface area contributed by atoms with Crippen LogP contribution in [0.4, 0.5) is 20.3 Å². The van der Waals surface area contributed by atoms with Crippen molar-refractivity contribution in [1.82, 2.24) is 24.4 Å². The number of ether oxygens (including phenoxy) is 1. The lowest BCUT2D eigenvalue weighted by molar-refractivity contribution is 0.0988. The van der Waals surface area contributed by atoms with Gasteiger partial charge in [-0.3, -0.25) is 9.48 Å². The van der Waals surface area contributed by atoms with Crippen LogP contribution in [-0.2, 0) is 4.74 Å². The highest BCUT2D eigenvalue weighted by atomic mass is 127. The minimum Gasteiger partial charge on any atom is -0.374 e. The van der Waals surface area contributed by atoms with Crippen molar-refractivity contribution < 1.29 is 18.3 Å². The topological polar surface area (TPSA) is 89.6 Å². The van der Waals surface area contributed by atoms with E-state index in [4.69, 9.17) is 9.72 Å². The molecule has 9 nitrogen and oxygen atoms in total. The third-order valence-corrected chi connectivity index (χ3v) is 8.66. The highest BCUT2D eigenvalue weighted by molar-refractivity contribution is 14.1. The predicted molar refractivity (Wildman–Crippen MR) is 133 cm³/mol. The van der Waals surface area contributed by atoms with Crippen LogP contribution in [0, 0.1) is 5.92 Å². The van der Waals surface area contributed by atoms with Crippen molar-refractivity contribution in [3.63, 3.8) is 0 Å². The summed E-state index contributed by atoms with van der Waals surface area (Å²) in [5.41, 5.74) is 0.230. The van der Waals surface area contributed by atoms with E-state index >= 15 is 0 Å². The fraction of sp³-hybridized carbons (Fsp3) is 0.565. The van der Waals surface area contributed by atoms with Gasteiger partial charge in [-0.1, -0.05) is 22.6 Å². The number of hydrogen-bond donors (Lipinski definition) is 1. The number of alkyl halides is 3. The zero-order valence-electron chi connectivity index (χ0n) is 19.0. The molecule has 3 fully saturated rings. The van der Waals surface area contributed by atoms with Gasteiger partial charge < -0.3 is 15.0 Å². The third-order valence-electron chi connectivity index (χ3n) is 7.42. The molecule has 6 rings (SSSR count). The summed E-state index contributed by atoms with van der Waals surface area (Å²) in [5, 5.41) is 11.0. The van der Waals surface area contributed by atoms with E-state index in [1.54, 1.807) is 17.1 Å². The van der Waals surface area contributed by atoms with Crippen LogP contribution < -0.4 is 10.2 Å². The molecule has 0 spiro atoms. The number of halogens is 3. The first-order valence-corrected chi connectivity index (χ1v) is 13.5. The summed E-state index contributed by atoms with van der Waals surface area (Å²) in [6.45, 7) is 1.43. The SMILES string of the molecule is O=C(Nc1cn(C2CCC(CI)CC2)nc1C(F)F)c1cnn2ccc(N3C[C@H]4C[C@@H]3CO4)nc12. The average Bonchev–Trinajstić information content (AvgIpc) is 3.66. The Morgan fingerprint density at radius 2 is 2.09 bits per heavy atom. The van der Waals surface area contributed by atoms with Crippen molar-refractivity contribution >= 4 is 45.7 Å². The Bertz CT molecular complexity index is 1240. The van der Waals surface area contributed by atoms with Gasteiger partial charge in [0.15, 0.2) is 11.3 Å². The van der Waals surface area contributed by atoms with Crippen molar-refractivity contribution in [3.8, 4) is 0 Å². The normalized spacial score (nSPS) is 26.2. The van der Waals surface area contributed by atoms with Crippen LogP contribution in [0.15, 0.2) is 24.7 Å². The maximum atomic E-state index is 13.8. The number of amides is 1. The zero-order chi connectivity index (χ0) is 24.1. The number of aromatic nitrogens is 5. The Balaban J connectivity index is 1.24. The van der Waals surface area contributed by atoms with Gasteiger partial charge in [0.2, 0.25) is 0 Å². The average molecular weight is 597 g/mol. The standard InChI is InChI=1S/C23H26F2IN7O2/c24-21(25)20-18(11-33(30-20)14-3-1-13(8-26)2-4-14)28-23(34)17-9-27-32-6-5-19(29-22(17)32)31-10-16-7-15(31)12-35-16/h5-6,9,11,13-16,21H,1-4,7-8,10,12H2,(H,28,34)/t13?,14?,15-,16-/m1/s1. The minimum absolute atomic E-state index is 0.0329. The summed E-state index contributed by atoms with van der Waals surface area (Å²) in [5.74, 6) is 0.893. The molecule has 2 atom stereocenters. The monoisotopic (exact) mass is 597 g/mol. The van der Waals surface area contributed by atoms with Crippen molar-refractivity contribution in [2.24, 2.45) is 5.92 Å². The van der Waals surface area contributed by atoms with E-state index in [0.717, 1.165) is 48.9 Å². The van der Waals surface area contributed by atoms with Crippen molar-refractivity contribution in [1.29, 1.82) is 0 Å². The summed E-state index contributed by atoms with van der Waals surface area (Å²) in [6, 6.07) is 2.22. The van der Waals surface area contributed by atoms with E-state index in [2.05, 4.69) is 43.0 Å². The molecule has 0 aromatic carbocycles. The molecule has 0 unspecified atom stereocenters. The Kier molecular flexibility index (Phi) is 6.11. The molecule has 3 aromatic heterocycles. The van der Waals surface area contributed by atoms with Crippen LogP contribution in [0.2, 0.25) is 0 Å². The van der Waals surface area contributed by atoms with Crippen LogP contribution in [0.3, 0.4) is 0 Å². The number of rotatable bonds is 6. The van der Waals surface area contributed by atoms with Crippen molar-refractivity contribution in [2.75, 3.05) is 27.8 Å². The maximum Gasteiger partial charge on any atom is 0.284 e. The molecule has 3 aromatic rings. The second-order valence-corrected chi connectivity index (χ2v) is 10.5. The van der Waals surface area contributed by atoms with E-state index in [1.807, 2.05) is 6.07 Å². The van der Waals surface area contributed by atoms with Gasteiger partial charge in [0, 0.05) is 23.4 Å². The molecular formula is C23H26F2IN7O2. The zero-order valence-corrected chi connectivity index (χ0v) is 21.1. The summed E-state index contributed by atoms with van der Waals surface area (Å²) in [7, 11) is 0. The molecule has 12 heteroatoms. The Morgan fingerprint density at radius 1 is 1.26 bits per heavy atom. The summed E-state index contributed by atoms with van der Waals surface area (Å²) in [6.07, 6.45) is 7.02. The molecule has 2 bridgehead atoms. The van der Waals surface area contributed by atoms with E-state index in [-0.39, 0.29) is 29.4 Å². The fourth-order valence-corrected chi connectivity index (χ4v) is 6.34. The lowest BCUT2D eigenvalue weighted by atomic mass is 9.87. The highest BCUT2D eigenvalue weighted by Gasteiger charge is 2.39. The fourth-order valence-electron chi connectivity index (χ4n) is 5.46. The van der Waals surface area contributed by atoms with Gasteiger partial charge in [-0.25, -0.2) is 18.3 Å². The number of morpholine rings is 1. The second kappa shape index (κ2) is 9.26. The van der Waals surface area contributed by atoms with Crippen molar-refractivity contribution in [3.05, 3.63) is 35.9 Å². The molecule has 186 valence electrons. The van der Waals surface area contributed by atoms with Gasteiger partial charge in [0.1, 0.15) is 11.4 Å². The van der Waals surface area contributed by atoms with E-state index in [9.17, 15) is 13.6 Å². The minimum atomic E-state index is -2.79. The molecule has 2 saturated heterocycles. The number of carbonyl (C=O) groups excluding carboxylic acids is 1. The lowest BCUT2D eigenvalue weighted by Gasteiger charge is -2.27. The number of nitrogens with one attached hydrogen (secondary N) is 1. The van der Waals surface area contributed by atoms with Crippen LogP contribution in [-0.4, -0.2) is 60.0 Å². The smallest absolute Gasteiger partial charge is 0.284 e. The van der Waals surface area contributed by atoms with Gasteiger partial charge in [-0.15, -0.1) is 0 Å². The molecule has 1 amide bonds. The molecule has 0 radical (unpaired) electrons. The number of anilines is 2. The van der Waals surface area contributed by atoms with Gasteiger partial charge in [0.25, 0.3) is 12.3 Å². The Morgan fingerprint density at radius 3 is 2.77 bits per heavy atom. The maximum absolute atomic E-state index is 13.8. The number of fused-ring (bicyclic) bond motifs is 3. The highest BCUT2D eigenvalue weighted by Crippen LogP contribution is 2.36. The van der Waals surface area contributed by atoms with Gasteiger partial charge in [0.05, 0.1) is 36.7 Å². The quantitative estimate of drug-likeness (QED) is 0.338. The molecule has 1 N–H and O–H groups in total. The molecule has 5 heterocycles. The molecule has 3 aliphatic rings. The van der Waals surface area contributed by atoms with Gasteiger partial charge >= 0.3 is 0 Å². The van der Waals surface area contributed by atoms with Crippen LogP contribution in [0.5, 0.6) is 0 Å². The first-order valence-electron chi connectivity index (χ1n) is 12.0. The third kappa shape index (κ3) is 4.28. The number of hydrogen-bond acceptors (Lipinski definition) is 6. The Labute approximate surface area is 214 Å². The van der Waals surface area contributed by atoms with Crippen LogP contribution in [0.25, 0.3) is 5.65 Å². The van der Waals surface area contributed by atoms with Gasteiger partial charge in [-0.05, 0) is 44.1 Å². The van der Waals surface area contributed by atoms with E-state index < -0.39 is 18.0 Å². The van der Waals surface area contributed by atoms with Gasteiger partial charge in [-0.2, -0.15) is 10.2 Å². The summed E-state index contributed by atoms with van der Waals surface area (Å²) in [4.78, 5) is 20.1. The molecule has 1 aliphatic carbocycles. The first-order chi connectivity index (χ1) is 17.0. The molecule has 35 heavy (non-hydrogen) atoms. The van der Waals surface area contributed by atoms with Crippen molar-refractivity contribution in [2.45, 2.75) is 56.7 Å². The lowest BCUT2D eigenvalue weighted by Crippen LogP contribution is -2.37. The summed E-state index contributed by atoms with van der Waals surface area (Å²) >= 11 is 2.40. The van der Waals surface area contributed by atoms with E-state index in [1.165, 1.54) is 10.7 Å². The molecular weight excluding hydrogens is 571 g/mol. The van der Waals surface area contributed by atoms with E-state index in [0.29, 0.717) is 18.2 Å².